The highest BCUT2D eigenvalue weighted by molar-refractivity contribution is 5.63. The summed E-state index contributed by atoms with van der Waals surface area (Å²) in [5.74, 6) is 1.88. The molecule has 0 bridgehead atoms. The summed E-state index contributed by atoms with van der Waals surface area (Å²) in [4.78, 5) is 2.06. The molecule has 0 amide bonds. The minimum atomic E-state index is -0.349. The van der Waals surface area contributed by atoms with E-state index in [1.165, 1.54) is 16.7 Å². The minimum absolute atomic E-state index is 0.0310. The molecular weight excluding hydrogens is 507 g/mol. The van der Waals surface area contributed by atoms with Crippen LogP contribution in [0.1, 0.15) is 55.4 Å². The second-order valence-electron chi connectivity index (χ2n) is 11.7. The number of aryl methyl sites for hydroxylation is 1. The standard InChI is InChI=1S/C33H43FN2O4/c1-21(14-22-8-13-30(28(34)15-22)40-20-33(2,3)36(4)5)35-29-19-32(39-7)31(38-6)18-27(29)25-10-9-24-17-26(37)12-11-23(24)16-25/h8,11-13,15,17-19,21,25,35,37H,9-10,14,16,20H2,1-7H3. The van der Waals surface area contributed by atoms with Gasteiger partial charge in [0.25, 0.3) is 0 Å². The summed E-state index contributed by atoms with van der Waals surface area (Å²) in [6.07, 6.45) is 3.38. The fourth-order valence-electron chi connectivity index (χ4n) is 5.21. The van der Waals surface area contributed by atoms with Crippen molar-refractivity contribution in [1.82, 2.24) is 4.90 Å². The minimum Gasteiger partial charge on any atom is -0.508 e. The van der Waals surface area contributed by atoms with Crippen molar-refractivity contribution in [2.75, 3.05) is 40.2 Å². The van der Waals surface area contributed by atoms with E-state index in [1.54, 1.807) is 32.4 Å². The first-order chi connectivity index (χ1) is 19.0. The maximum atomic E-state index is 14.9. The number of ether oxygens (including phenoxy) is 3. The third kappa shape index (κ3) is 6.81. The number of fused-ring (bicyclic) bond motifs is 1. The number of hydrogen-bond acceptors (Lipinski definition) is 6. The number of anilines is 1. The van der Waals surface area contributed by atoms with Crippen LogP contribution in [0.15, 0.2) is 48.5 Å². The SMILES string of the molecule is COc1cc(NC(C)Cc2ccc(OCC(C)(C)N(C)C)c(F)c2)c(C2CCc3cc(O)ccc3C2)cc1OC. The van der Waals surface area contributed by atoms with Crippen LogP contribution >= 0.6 is 0 Å². The molecule has 1 aliphatic rings. The Bertz CT molecular complexity index is 1320. The van der Waals surface area contributed by atoms with Gasteiger partial charge in [-0.05, 0) is 119 Å². The lowest BCUT2D eigenvalue weighted by molar-refractivity contribution is 0.111. The Morgan fingerprint density at radius 1 is 1.00 bits per heavy atom. The first kappa shape index (κ1) is 29.5. The summed E-state index contributed by atoms with van der Waals surface area (Å²) >= 11 is 0. The lowest BCUT2D eigenvalue weighted by atomic mass is 9.79. The number of halogens is 1. The second kappa shape index (κ2) is 12.4. The van der Waals surface area contributed by atoms with Gasteiger partial charge in [0, 0.05) is 23.3 Å². The van der Waals surface area contributed by atoms with E-state index in [2.05, 4.69) is 37.1 Å². The molecule has 7 heteroatoms. The number of methoxy groups -OCH3 is 2. The number of hydrogen-bond donors (Lipinski definition) is 2. The highest BCUT2D eigenvalue weighted by atomic mass is 19.1. The first-order valence-electron chi connectivity index (χ1n) is 13.9. The average Bonchev–Trinajstić information content (AvgIpc) is 2.91. The average molecular weight is 551 g/mol. The number of phenolic OH excluding ortho intramolecular Hbond substituents is 1. The van der Waals surface area contributed by atoms with Gasteiger partial charge in [-0.15, -0.1) is 0 Å². The molecule has 0 saturated heterocycles. The summed E-state index contributed by atoms with van der Waals surface area (Å²) in [7, 11) is 7.26. The van der Waals surface area contributed by atoms with Crippen LogP contribution in [0.5, 0.6) is 23.0 Å². The molecule has 216 valence electrons. The number of likely N-dealkylation sites (N-methyl/N-ethyl adjacent to an activating group) is 1. The van der Waals surface area contributed by atoms with Gasteiger partial charge in [0.15, 0.2) is 23.1 Å². The summed E-state index contributed by atoms with van der Waals surface area (Å²) in [5.41, 5.74) is 5.31. The summed E-state index contributed by atoms with van der Waals surface area (Å²) in [5, 5.41) is 13.6. The van der Waals surface area contributed by atoms with Crippen molar-refractivity contribution in [3.63, 3.8) is 0 Å². The number of rotatable bonds is 11. The van der Waals surface area contributed by atoms with Gasteiger partial charge in [-0.25, -0.2) is 4.39 Å². The Morgan fingerprint density at radius 2 is 1.73 bits per heavy atom. The number of phenols is 1. The van der Waals surface area contributed by atoms with Crippen LogP contribution in [0.25, 0.3) is 0 Å². The molecule has 0 spiro atoms. The van der Waals surface area contributed by atoms with E-state index >= 15 is 0 Å². The van der Waals surface area contributed by atoms with Crippen LogP contribution in [0.4, 0.5) is 10.1 Å². The van der Waals surface area contributed by atoms with Gasteiger partial charge in [-0.2, -0.15) is 0 Å². The van der Waals surface area contributed by atoms with Crippen LogP contribution in [-0.4, -0.2) is 56.5 Å². The van der Waals surface area contributed by atoms with Crippen molar-refractivity contribution in [2.45, 2.75) is 64.0 Å². The highest BCUT2D eigenvalue weighted by Crippen LogP contribution is 2.42. The van der Waals surface area contributed by atoms with Gasteiger partial charge >= 0.3 is 0 Å². The zero-order valence-corrected chi connectivity index (χ0v) is 24.8. The molecule has 3 aromatic carbocycles. The quantitative estimate of drug-likeness (QED) is 0.281. The Balaban J connectivity index is 1.51. The van der Waals surface area contributed by atoms with Crippen LogP contribution in [0, 0.1) is 5.82 Å². The number of nitrogens with zero attached hydrogens (tertiary/aromatic N) is 1. The van der Waals surface area contributed by atoms with Gasteiger partial charge in [0.05, 0.1) is 14.2 Å². The molecule has 0 aromatic heterocycles. The van der Waals surface area contributed by atoms with Crippen molar-refractivity contribution < 1.29 is 23.7 Å². The van der Waals surface area contributed by atoms with Crippen molar-refractivity contribution in [2.24, 2.45) is 0 Å². The van der Waals surface area contributed by atoms with E-state index in [1.807, 2.05) is 38.4 Å². The number of nitrogens with one attached hydrogen (secondary N) is 1. The third-order valence-electron chi connectivity index (χ3n) is 8.15. The van der Waals surface area contributed by atoms with Crippen LogP contribution in [0.2, 0.25) is 0 Å². The van der Waals surface area contributed by atoms with E-state index in [0.29, 0.717) is 30.3 Å². The fraction of sp³-hybridized carbons (Fsp3) is 0.455. The molecule has 2 unspecified atom stereocenters. The largest absolute Gasteiger partial charge is 0.508 e. The fourth-order valence-corrected chi connectivity index (χ4v) is 5.21. The van der Waals surface area contributed by atoms with Gasteiger partial charge in [-0.1, -0.05) is 12.1 Å². The third-order valence-corrected chi connectivity index (χ3v) is 8.15. The summed E-state index contributed by atoms with van der Waals surface area (Å²) < 4.78 is 32.0. The maximum absolute atomic E-state index is 14.9. The Labute approximate surface area is 238 Å². The molecule has 40 heavy (non-hydrogen) atoms. The van der Waals surface area contributed by atoms with E-state index in [9.17, 15) is 9.50 Å². The molecule has 2 N–H and O–H groups in total. The van der Waals surface area contributed by atoms with Gasteiger partial charge in [0.2, 0.25) is 0 Å². The van der Waals surface area contributed by atoms with E-state index in [4.69, 9.17) is 14.2 Å². The van der Waals surface area contributed by atoms with Crippen molar-refractivity contribution in [3.8, 4) is 23.0 Å². The van der Waals surface area contributed by atoms with Crippen molar-refractivity contribution in [1.29, 1.82) is 0 Å². The molecule has 0 aliphatic heterocycles. The Hall–Kier alpha value is -3.45. The topological polar surface area (TPSA) is 63.2 Å². The Kier molecular flexibility index (Phi) is 9.14. The molecule has 0 heterocycles. The van der Waals surface area contributed by atoms with E-state index in [-0.39, 0.29) is 29.1 Å². The summed E-state index contributed by atoms with van der Waals surface area (Å²) in [6, 6.07) is 15.0. The monoisotopic (exact) mass is 550 g/mol. The zero-order valence-electron chi connectivity index (χ0n) is 24.8. The lowest BCUT2D eigenvalue weighted by Gasteiger charge is -2.32. The van der Waals surface area contributed by atoms with Crippen molar-refractivity contribution >= 4 is 5.69 Å². The predicted molar refractivity (Wildman–Crippen MR) is 159 cm³/mol. The molecule has 2 atom stereocenters. The van der Waals surface area contributed by atoms with E-state index < -0.39 is 0 Å². The molecule has 3 aromatic rings. The molecule has 6 nitrogen and oxygen atoms in total. The summed E-state index contributed by atoms with van der Waals surface area (Å²) in [6.45, 7) is 6.61. The lowest BCUT2D eigenvalue weighted by Crippen LogP contribution is -2.43. The van der Waals surface area contributed by atoms with Crippen LogP contribution < -0.4 is 19.5 Å². The maximum Gasteiger partial charge on any atom is 0.165 e. The molecule has 0 radical (unpaired) electrons. The molecular formula is C33H43FN2O4. The zero-order chi connectivity index (χ0) is 29.0. The van der Waals surface area contributed by atoms with Gasteiger partial charge in [0.1, 0.15) is 12.4 Å². The van der Waals surface area contributed by atoms with Gasteiger partial charge in [-0.3, -0.25) is 0 Å². The van der Waals surface area contributed by atoms with Crippen LogP contribution in [-0.2, 0) is 19.3 Å². The molecule has 1 aliphatic carbocycles. The smallest absolute Gasteiger partial charge is 0.165 e. The normalized spacial score (nSPS) is 15.9. The predicted octanol–water partition coefficient (Wildman–Crippen LogP) is 6.58. The molecule has 0 fully saturated rings. The van der Waals surface area contributed by atoms with Gasteiger partial charge < -0.3 is 29.5 Å². The van der Waals surface area contributed by atoms with Crippen LogP contribution in [0.3, 0.4) is 0 Å². The first-order valence-corrected chi connectivity index (χ1v) is 13.9. The molecule has 4 rings (SSSR count). The van der Waals surface area contributed by atoms with E-state index in [0.717, 1.165) is 30.5 Å². The number of aromatic hydroxyl groups is 1. The number of benzene rings is 3. The Morgan fingerprint density at radius 3 is 2.40 bits per heavy atom. The molecule has 0 saturated carbocycles. The highest BCUT2D eigenvalue weighted by Gasteiger charge is 2.26. The second-order valence-corrected chi connectivity index (χ2v) is 11.7. The van der Waals surface area contributed by atoms with Crippen molar-refractivity contribution in [3.05, 3.63) is 76.6 Å².